The van der Waals surface area contributed by atoms with Crippen LogP contribution in [0.3, 0.4) is 0 Å². The largest absolute Gasteiger partial charge is 0.377 e. The molecule has 0 unspecified atom stereocenters. The van der Waals surface area contributed by atoms with Gasteiger partial charge in [0.25, 0.3) is 0 Å². The van der Waals surface area contributed by atoms with E-state index in [2.05, 4.69) is 0 Å². The summed E-state index contributed by atoms with van der Waals surface area (Å²) in [4.78, 5) is 17.3. The SMILES string of the molecule is B[C@@H]1O[C@H](/C=C\P(=O)(O)O)C[C@@]1(C)OC. The van der Waals surface area contributed by atoms with E-state index < -0.39 is 7.60 Å². The summed E-state index contributed by atoms with van der Waals surface area (Å²) in [6.45, 7) is 1.92. The Morgan fingerprint density at radius 3 is 2.67 bits per heavy atom. The molecule has 0 aromatic rings. The van der Waals surface area contributed by atoms with Gasteiger partial charge < -0.3 is 19.3 Å². The van der Waals surface area contributed by atoms with Crippen molar-refractivity contribution >= 4 is 15.4 Å². The highest BCUT2D eigenvalue weighted by Crippen LogP contribution is 2.38. The molecule has 2 N–H and O–H groups in total. The Balaban J connectivity index is 2.64. The topological polar surface area (TPSA) is 76.0 Å². The fraction of sp³-hybridized carbons (Fsp3) is 0.750. The smallest absolute Gasteiger partial charge is 0.348 e. The van der Waals surface area contributed by atoms with E-state index in [1.165, 1.54) is 6.08 Å². The summed E-state index contributed by atoms with van der Waals surface area (Å²) in [6.07, 6.45) is 1.71. The summed E-state index contributed by atoms with van der Waals surface area (Å²) < 4.78 is 21.4. The van der Waals surface area contributed by atoms with Gasteiger partial charge in [-0.15, -0.1) is 0 Å². The van der Waals surface area contributed by atoms with E-state index in [0.29, 0.717) is 6.42 Å². The summed E-state index contributed by atoms with van der Waals surface area (Å²) in [6, 6.07) is -0.0890. The average molecular weight is 234 g/mol. The molecule has 1 rings (SSSR count). The van der Waals surface area contributed by atoms with Gasteiger partial charge >= 0.3 is 7.60 Å². The third-order valence-corrected chi connectivity index (χ3v) is 3.37. The zero-order chi connectivity index (χ0) is 11.7. The monoisotopic (exact) mass is 234 g/mol. The van der Waals surface area contributed by atoms with Crippen LogP contribution in [0.4, 0.5) is 0 Å². The normalized spacial score (nSPS) is 37.6. The zero-order valence-corrected chi connectivity index (χ0v) is 9.98. The van der Waals surface area contributed by atoms with Crippen molar-refractivity contribution in [2.75, 3.05) is 7.11 Å². The molecule has 0 bridgehead atoms. The summed E-state index contributed by atoms with van der Waals surface area (Å²) in [5.41, 5.74) is -0.385. The molecule has 0 radical (unpaired) electrons. The second-order valence-electron chi connectivity index (χ2n) is 3.97. The predicted molar refractivity (Wildman–Crippen MR) is 58.4 cm³/mol. The van der Waals surface area contributed by atoms with Crippen LogP contribution in [0.25, 0.3) is 0 Å². The van der Waals surface area contributed by atoms with Crippen molar-refractivity contribution in [1.29, 1.82) is 0 Å². The number of ether oxygens (including phenoxy) is 2. The van der Waals surface area contributed by atoms with E-state index in [1.807, 2.05) is 14.8 Å². The Bertz CT molecular complexity index is 301. The fourth-order valence-electron chi connectivity index (χ4n) is 1.59. The third-order valence-electron chi connectivity index (χ3n) is 2.81. The maximum Gasteiger partial charge on any atom is 0.348 e. The van der Waals surface area contributed by atoms with Crippen molar-refractivity contribution in [2.24, 2.45) is 0 Å². The molecule has 1 fully saturated rings. The van der Waals surface area contributed by atoms with Crippen LogP contribution in [0.5, 0.6) is 0 Å². The lowest BCUT2D eigenvalue weighted by Gasteiger charge is -2.25. The lowest BCUT2D eigenvalue weighted by atomic mass is 9.83. The van der Waals surface area contributed by atoms with Crippen molar-refractivity contribution in [3.63, 3.8) is 0 Å². The van der Waals surface area contributed by atoms with Crippen molar-refractivity contribution in [2.45, 2.75) is 31.1 Å². The summed E-state index contributed by atoms with van der Waals surface area (Å²) in [7, 11) is -0.600. The highest BCUT2D eigenvalue weighted by atomic mass is 31.2. The lowest BCUT2D eigenvalue weighted by Crippen LogP contribution is -2.37. The van der Waals surface area contributed by atoms with Crippen molar-refractivity contribution < 1.29 is 23.8 Å². The number of rotatable bonds is 3. The Kier molecular flexibility index (Phi) is 3.79. The predicted octanol–water partition coefficient (Wildman–Crippen LogP) is -0.169. The van der Waals surface area contributed by atoms with Gasteiger partial charge in [-0.3, -0.25) is 4.57 Å². The van der Waals surface area contributed by atoms with Gasteiger partial charge in [-0.2, -0.15) is 0 Å². The van der Waals surface area contributed by atoms with Crippen LogP contribution in [0.1, 0.15) is 13.3 Å². The van der Waals surface area contributed by atoms with E-state index in [1.54, 1.807) is 7.11 Å². The molecule has 3 atom stereocenters. The van der Waals surface area contributed by atoms with Gasteiger partial charge in [0.15, 0.2) is 0 Å². The molecule has 5 nitrogen and oxygen atoms in total. The molecule has 0 saturated carbocycles. The van der Waals surface area contributed by atoms with Crippen molar-refractivity contribution in [3.05, 3.63) is 11.9 Å². The minimum Gasteiger partial charge on any atom is -0.377 e. The molecule has 0 aromatic heterocycles. The Morgan fingerprint density at radius 1 is 1.67 bits per heavy atom. The van der Waals surface area contributed by atoms with Crippen LogP contribution >= 0.6 is 7.60 Å². The van der Waals surface area contributed by atoms with Gasteiger partial charge in [0.05, 0.1) is 17.7 Å². The maximum atomic E-state index is 10.6. The van der Waals surface area contributed by atoms with Gasteiger partial charge in [0, 0.05) is 19.3 Å². The van der Waals surface area contributed by atoms with Gasteiger partial charge in [-0.05, 0) is 13.0 Å². The molecule has 1 aliphatic rings. The molecule has 0 aromatic carbocycles. The second-order valence-corrected chi connectivity index (χ2v) is 5.44. The first-order chi connectivity index (χ1) is 6.77. The van der Waals surface area contributed by atoms with Gasteiger partial charge in [0.1, 0.15) is 7.85 Å². The van der Waals surface area contributed by atoms with Crippen molar-refractivity contribution in [1.82, 2.24) is 0 Å². The standard InChI is InChI=1S/C8H16BO5P/c1-8(13-2)5-6(14-7(8)9)3-4-15(10,11)12/h3-4,6-7H,5,9H2,1-2H3,(H2,10,11,12)/b4-3-/t6-,7-,8-/m1/s1. The molecule has 0 aliphatic carbocycles. The number of hydrogen-bond donors (Lipinski definition) is 2. The molecule has 1 aliphatic heterocycles. The van der Waals surface area contributed by atoms with E-state index in [4.69, 9.17) is 19.3 Å². The first-order valence-electron chi connectivity index (χ1n) is 4.72. The van der Waals surface area contributed by atoms with Crippen LogP contribution in [0.15, 0.2) is 11.9 Å². The molecule has 0 amide bonds. The Morgan fingerprint density at radius 2 is 2.27 bits per heavy atom. The molecular weight excluding hydrogens is 218 g/mol. The second kappa shape index (κ2) is 4.40. The number of hydrogen-bond acceptors (Lipinski definition) is 3. The summed E-state index contributed by atoms with van der Waals surface area (Å²) in [5, 5.41) is 0. The van der Waals surface area contributed by atoms with E-state index >= 15 is 0 Å². The van der Waals surface area contributed by atoms with Crippen LogP contribution in [-0.2, 0) is 14.0 Å². The van der Waals surface area contributed by atoms with E-state index in [0.717, 1.165) is 5.82 Å². The quantitative estimate of drug-likeness (QED) is 0.523. The average Bonchev–Trinajstić information content (AvgIpc) is 2.39. The summed E-state index contributed by atoms with van der Waals surface area (Å²) in [5.74, 6) is 0.881. The summed E-state index contributed by atoms with van der Waals surface area (Å²) >= 11 is 0. The van der Waals surface area contributed by atoms with Crippen LogP contribution < -0.4 is 0 Å². The molecule has 86 valence electrons. The van der Waals surface area contributed by atoms with Crippen LogP contribution in [0.2, 0.25) is 0 Å². The zero-order valence-electron chi connectivity index (χ0n) is 9.08. The first kappa shape index (κ1) is 12.9. The fourth-order valence-corrected chi connectivity index (χ4v) is 2.01. The highest BCUT2D eigenvalue weighted by Gasteiger charge is 2.41. The van der Waals surface area contributed by atoms with E-state index in [9.17, 15) is 4.57 Å². The minimum absolute atomic E-state index is 0.0890. The molecule has 0 spiro atoms. The Labute approximate surface area is 90.0 Å². The lowest BCUT2D eigenvalue weighted by molar-refractivity contribution is -0.0223. The van der Waals surface area contributed by atoms with Crippen LogP contribution in [-0.4, -0.2) is 42.5 Å². The first-order valence-corrected chi connectivity index (χ1v) is 6.40. The number of methoxy groups -OCH3 is 1. The molecule has 1 saturated heterocycles. The molecule has 7 heteroatoms. The van der Waals surface area contributed by atoms with Gasteiger partial charge in [-0.1, -0.05) is 0 Å². The minimum atomic E-state index is -4.09. The molecule has 1 heterocycles. The van der Waals surface area contributed by atoms with E-state index in [-0.39, 0.29) is 17.7 Å². The van der Waals surface area contributed by atoms with Gasteiger partial charge in [0.2, 0.25) is 0 Å². The Hall–Kier alpha value is -0.125. The van der Waals surface area contributed by atoms with Crippen molar-refractivity contribution in [3.8, 4) is 0 Å². The van der Waals surface area contributed by atoms with Gasteiger partial charge in [-0.25, -0.2) is 0 Å². The maximum absolute atomic E-state index is 10.6. The molecule has 15 heavy (non-hydrogen) atoms. The third kappa shape index (κ3) is 3.43. The highest BCUT2D eigenvalue weighted by molar-refractivity contribution is 7.55. The van der Waals surface area contributed by atoms with Crippen LogP contribution in [0, 0.1) is 0 Å². The molecular formula is C8H16BO5P.